The van der Waals surface area contributed by atoms with Gasteiger partial charge in [0.25, 0.3) is 5.91 Å². The van der Waals surface area contributed by atoms with Crippen molar-refractivity contribution in [1.82, 2.24) is 10.2 Å². The van der Waals surface area contributed by atoms with Gasteiger partial charge in [-0.25, -0.2) is 4.79 Å². The number of nitrogens with zero attached hydrogens (tertiary/aromatic N) is 1. The van der Waals surface area contributed by atoms with E-state index in [4.69, 9.17) is 21.1 Å². The first-order valence-corrected chi connectivity index (χ1v) is 8.84. The van der Waals surface area contributed by atoms with Gasteiger partial charge in [0, 0.05) is 16.8 Å². The summed E-state index contributed by atoms with van der Waals surface area (Å²) in [4.78, 5) is 38.5. The molecule has 0 aromatic heterocycles. The molecule has 8 nitrogen and oxygen atoms in total. The van der Waals surface area contributed by atoms with E-state index in [1.54, 1.807) is 49.4 Å². The van der Waals surface area contributed by atoms with E-state index < -0.39 is 29.9 Å². The lowest BCUT2D eigenvalue weighted by Gasteiger charge is -2.22. The molecule has 0 radical (unpaired) electrons. The second-order valence-corrected chi connectivity index (χ2v) is 7.01. The molecule has 2 heterocycles. The Labute approximate surface area is 165 Å². The van der Waals surface area contributed by atoms with Gasteiger partial charge in [0.1, 0.15) is 12.1 Å². The Morgan fingerprint density at radius 3 is 2.64 bits per heavy atom. The van der Waals surface area contributed by atoms with Crippen LogP contribution in [0.1, 0.15) is 12.5 Å². The largest absolute Gasteiger partial charge is 0.454 e. The molecule has 0 unspecified atom stereocenters. The average Bonchev–Trinajstić information content (AvgIpc) is 3.21. The SMILES string of the molecule is C[C@]1(c2ccc(Cl)cc2)NC(=O)N(CC(=O)Nc2ccc3c(c2)OCO3)C1=O. The molecular weight excluding hydrogens is 386 g/mol. The monoisotopic (exact) mass is 401 g/mol. The lowest BCUT2D eigenvalue weighted by molar-refractivity contribution is -0.133. The number of hydrogen-bond acceptors (Lipinski definition) is 5. The normalized spacial score (nSPS) is 20.3. The number of ether oxygens (including phenoxy) is 2. The highest BCUT2D eigenvalue weighted by molar-refractivity contribution is 6.30. The van der Waals surface area contributed by atoms with Crippen molar-refractivity contribution in [3.63, 3.8) is 0 Å². The van der Waals surface area contributed by atoms with Crippen molar-refractivity contribution in [3.8, 4) is 11.5 Å². The summed E-state index contributed by atoms with van der Waals surface area (Å²) in [5, 5.41) is 5.81. The highest BCUT2D eigenvalue weighted by Gasteiger charge is 2.49. The number of anilines is 1. The van der Waals surface area contributed by atoms with E-state index in [9.17, 15) is 14.4 Å². The average molecular weight is 402 g/mol. The van der Waals surface area contributed by atoms with E-state index in [1.807, 2.05) is 0 Å². The highest BCUT2D eigenvalue weighted by atomic mass is 35.5. The number of rotatable bonds is 4. The number of nitrogens with one attached hydrogen (secondary N) is 2. The molecule has 9 heteroatoms. The lowest BCUT2D eigenvalue weighted by atomic mass is 9.92. The third kappa shape index (κ3) is 3.11. The Balaban J connectivity index is 1.47. The number of fused-ring (bicyclic) bond motifs is 1. The topological polar surface area (TPSA) is 97.0 Å². The minimum Gasteiger partial charge on any atom is -0.454 e. The summed E-state index contributed by atoms with van der Waals surface area (Å²) in [6.07, 6.45) is 0. The van der Waals surface area contributed by atoms with Gasteiger partial charge in [-0.2, -0.15) is 0 Å². The van der Waals surface area contributed by atoms with E-state index in [-0.39, 0.29) is 6.79 Å². The van der Waals surface area contributed by atoms with Crippen molar-refractivity contribution in [2.75, 3.05) is 18.7 Å². The Morgan fingerprint density at radius 1 is 1.18 bits per heavy atom. The summed E-state index contributed by atoms with van der Waals surface area (Å²) in [7, 11) is 0. The van der Waals surface area contributed by atoms with Crippen LogP contribution in [0.2, 0.25) is 5.02 Å². The number of hydrogen-bond donors (Lipinski definition) is 2. The number of carbonyl (C=O) groups is 3. The summed E-state index contributed by atoms with van der Waals surface area (Å²) in [6, 6.07) is 10.9. The maximum Gasteiger partial charge on any atom is 0.325 e. The van der Waals surface area contributed by atoms with Gasteiger partial charge in [-0.3, -0.25) is 14.5 Å². The van der Waals surface area contributed by atoms with Gasteiger partial charge in [-0.15, -0.1) is 0 Å². The van der Waals surface area contributed by atoms with Crippen molar-refractivity contribution < 1.29 is 23.9 Å². The zero-order valence-electron chi connectivity index (χ0n) is 14.8. The highest BCUT2D eigenvalue weighted by Crippen LogP contribution is 2.34. The number of amides is 4. The molecule has 1 saturated heterocycles. The van der Waals surface area contributed by atoms with Crippen LogP contribution in [0, 0.1) is 0 Å². The fraction of sp³-hybridized carbons (Fsp3) is 0.211. The van der Waals surface area contributed by atoms with Gasteiger partial charge in [-0.1, -0.05) is 23.7 Å². The van der Waals surface area contributed by atoms with Crippen LogP contribution in [-0.4, -0.2) is 36.1 Å². The van der Waals surface area contributed by atoms with Crippen LogP contribution in [0.3, 0.4) is 0 Å². The molecule has 2 N–H and O–H groups in total. The third-order valence-electron chi connectivity index (χ3n) is 4.65. The van der Waals surface area contributed by atoms with Crippen molar-refractivity contribution in [2.24, 2.45) is 0 Å². The molecule has 1 fully saturated rings. The number of imide groups is 1. The maximum absolute atomic E-state index is 12.9. The van der Waals surface area contributed by atoms with Crippen LogP contribution in [0.15, 0.2) is 42.5 Å². The molecule has 0 saturated carbocycles. The second kappa shape index (κ2) is 6.72. The zero-order valence-corrected chi connectivity index (χ0v) is 15.6. The molecule has 2 aliphatic heterocycles. The minimum absolute atomic E-state index is 0.123. The van der Waals surface area contributed by atoms with Gasteiger partial charge < -0.3 is 20.1 Å². The quantitative estimate of drug-likeness (QED) is 0.767. The van der Waals surface area contributed by atoms with E-state index in [2.05, 4.69) is 10.6 Å². The van der Waals surface area contributed by atoms with Gasteiger partial charge in [0.15, 0.2) is 11.5 Å². The minimum atomic E-state index is -1.26. The van der Waals surface area contributed by atoms with Crippen LogP contribution < -0.4 is 20.1 Å². The van der Waals surface area contributed by atoms with Gasteiger partial charge in [0.05, 0.1) is 0 Å². The van der Waals surface area contributed by atoms with E-state index in [0.29, 0.717) is 27.8 Å². The molecule has 2 aliphatic rings. The number of urea groups is 1. The van der Waals surface area contributed by atoms with E-state index >= 15 is 0 Å². The van der Waals surface area contributed by atoms with Gasteiger partial charge in [-0.05, 0) is 36.8 Å². The summed E-state index contributed by atoms with van der Waals surface area (Å²) >= 11 is 5.89. The summed E-state index contributed by atoms with van der Waals surface area (Å²) in [6.45, 7) is 1.30. The van der Waals surface area contributed by atoms with Crippen LogP contribution in [0.4, 0.5) is 10.5 Å². The van der Waals surface area contributed by atoms with Crippen LogP contribution in [-0.2, 0) is 15.1 Å². The van der Waals surface area contributed by atoms with E-state index in [1.165, 1.54) is 0 Å². The van der Waals surface area contributed by atoms with E-state index in [0.717, 1.165) is 4.90 Å². The lowest BCUT2D eigenvalue weighted by Crippen LogP contribution is -2.42. The molecule has 4 amide bonds. The van der Waals surface area contributed by atoms with Crippen molar-refractivity contribution in [2.45, 2.75) is 12.5 Å². The molecule has 2 aromatic rings. The summed E-state index contributed by atoms with van der Waals surface area (Å²) in [5.41, 5.74) is -0.212. The maximum atomic E-state index is 12.9. The fourth-order valence-electron chi connectivity index (χ4n) is 3.14. The number of benzene rings is 2. The number of carbonyl (C=O) groups excluding carboxylic acids is 3. The zero-order chi connectivity index (χ0) is 19.9. The Kier molecular flexibility index (Phi) is 4.35. The molecule has 1 atom stereocenters. The molecule has 0 aliphatic carbocycles. The fourth-order valence-corrected chi connectivity index (χ4v) is 3.26. The van der Waals surface area contributed by atoms with Crippen molar-refractivity contribution >= 4 is 35.1 Å². The van der Waals surface area contributed by atoms with Gasteiger partial charge in [0.2, 0.25) is 12.7 Å². The molecule has 0 spiro atoms. The Bertz CT molecular complexity index is 978. The predicted octanol–water partition coefficient (Wildman–Crippen LogP) is 2.47. The Morgan fingerprint density at radius 2 is 1.89 bits per heavy atom. The first-order valence-electron chi connectivity index (χ1n) is 8.46. The Hall–Kier alpha value is -3.26. The van der Waals surface area contributed by atoms with Crippen LogP contribution in [0.25, 0.3) is 0 Å². The summed E-state index contributed by atoms with van der Waals surface area (Å²) in [5.74, 6) is 0.0808. The molecule has 4 rings (SSSR count). The van der Waals surface area contributed by atoms with Crippen molar-refractivity contribution in [3.05, 3.63) is 53.1 Å². The smallest absolute Gasteiger partial charge is 0.325 e. The standard InChI is InChI=1S/C19H16ClN3O5/c1-19(11-2-4-12(20)5-3-11)17(25)23(18(26)22-19)9-16(24)21-13-6-7-14-15(8-13)28-10-27-14/h2-8H,9-10H2,1H3,(H,21,24)(H,22,26)/t19-/m1/s1. The molecular formula is C19H16ClN3O5. The summed E-state index contributed by atoms with van der Waals surface area (Å²) < 4.78 is 10.5. The van der Waals surface area contributed by atoms with Crippen LogP contribution >= 0.6 is 11.6 Å². The second-order valence-electron chi connectivity index (χ2n) is 6.57. The van der Waals surface area contributed by atoms with Gasteiger partial charge >= 0.3 is 6.03 Å². The first kappa shape index (κ1) is 18.1. The number of halogens is 1. The predicted molar refractivity (Wildman–Crippen MR) is 100 cm³/mol. The first-order chi connectivity index (χ1) is 13.4. The molecule has 0 bridgehead atoms. The molecule has 144 valence electrons. The third-order valence-corrected chi connectivity index (χ3v) is 4.91. The molecule has 2 aromatic carbocycles. The van der Waals surface area contributed by atoms with Crippen LogP contribution in [0.5, 0.6) is 11.5 Å². The molecule has 28 heavy (non-hydrogen) atoms. The van der Waals surface area contributed by atoms with Crippen molar-refractivity contribution in [1.29, 1.82) is 0 Å².